The molecule has 130 valence electrons. The third kappa shape index (κ3) is 4.25. The zero-order chi connectivity index (χ0) is 17.9. The number of para-hydroxylation sites is 1. The summed E-state index contributed by atoms with van der Waals surface area (Å²) in [6, 6.07) is 8.79. The lowest BCUT2D eigenvalue weighted by molar-refractivity contribution is -0.207. The smallest absolute Gasteiger partial charge is 0.382 e. The highest BCUT2D eigenvalue weighted by atomic mass is 19.4. The summed E-state index contributed by atoms with van der Waals surface area (Å²) in [4.78, 5) is 27.3. The van der Waals surface area contributed by atoms with Crippen molar-refractivity contribution in [2.45, 2.75) is 12.3 Å². The Labute approximate surface area is 135 Å². The maximum atomic E-state index is 12.2. The summed E-state index contributed by atoms with van der Waals surface area (Å²) < 4.78 is 36.7. The van der Waals surface area contributed by atoms with Gasteiger partial charge in [-0.3, -0.25) is 9.59 Å². The molecule has 2 rings (SSSR count). The molecule has 24 heavy (non-hydrogen) atoms. The summed E-state index contributed by atoms with van der Waals surface area (Å²) >= 11 is 0. The van der Waals surface area contributed by atoms with E-state index in [4.69, 9.17) is 5.11 Å². The van der Waals surface area contributed by atoms with Gasteiger partial charge in [0.25, 0.3) is 5.91 Å². The predicted molar refractivity (Wildman–Crippen MR) is 80.3 cm³/mol. The number of nitrogens with one attached hydrogen (secondary N) is 2. The van der Waals surface area contributed by atoms with Gasteiger partial charge in [0.2, 0.25) is 5.91 Å². The Balaban J connectivity index is 1.90. The Morgan fingerprint density at radius 3 is 2.62 bits per heavy atom. The van der Waals surface area contributed by atoms with Crippen LogP contribution in [-0.2, 0) is 4.79 Å². The number of alkyl halides is 3. The van der Waals surface area contributed by atoms with Crippen molar-refractivity contribution in [3.05, 3.63) is 36.0 Å². The molecule has 9 heteroatoms. The first-order chi connectivity index (χ1) is 11.2. The van der Waals surface area contributed by atoms with Crippen LogP contribution in [0.25, 0.3) is 10.9 Å². The van der Waals surface area contributed by atoms with Crippen LogP contribution in [0.3, 0.4) is 0 Å². The summed E-state index contributed by atoms with van der Waals surface area (Å²) in [7, 11) is 1.12. The van der Waals surface area contributed by atoms with E-state index in [1.165, 1.54) is 0 Å². The van der Waals surface area contributed by atoms with Crippen LogP contribution in [0, 0.1) is 0 Å². The number of benzene rings is 1. The molecule has 6 nitrogen and oxygen atoms in total. The van der Waals surface area contributed by atoms with Crippen molar-refractivity contribution in [3.8, 4) is 0 Å². The fourth-order valence-electron chi connectivity index (χ4n) is 2.05. The fourth-order valence-corrected chi connectivity index (χ4v) is 2.05. The van der Waals surface area contributed by atoms with E-state index in [-0.39, 0.29) is 5.69 Å². The van der Waals surface area contributed by atoms with Crippen LogP contribution in [0.4, 0.5) is 13.2 Å². The van der Waals surface area contributed by atoms with Crippen molar-refractivity contribution in [1.29, 1.82) is 0 Å². The SMILES string of the molecule is CN(CC(O)C(F)(F)F)C(=O)CNC(=O)c1cc2ccccc2[nH]1. The second-order valence-corrected chi connectivity index (χ2v) is 5.28. The Hall–Kier alpha value is -2.55. The number of amides is 2. The molecule has 1 aromatic carbocycles. The Morgan fingerprint density at radius 2 is 2.00 bits per heavy atom. The van der Waals surface area contributed by atoms with Crippen molar-refractivity contribution in [3.63, 3.8) is 0 Å². The molecule has 0 radical (unpaired) electrons. The Bertz CT molecular complexity index is 709. The molecule has 1 atom stereocenters. The first-order valence-electron chi connectivity index (χ1n) is 7.03. The van der Waals surface area contributed by atoms with Crippen LogP contribution in [0.15, 0.2) is 30.3 Å². The number of nitrogens with zero attached hydrogens (tertiary/aromatic N) is 1. The van der Waals surface area contributed by atoms with Gasteiger partial charge in [-0.15, -0.1) is 0 Å². The number of aromatic amines is 1. The van der Waals surface area contributed by atoms with Gasteiger partial charge in [0.1, 0.15) is 5.69 Å². The average molecular weight is 343 g/mol. The molecular formula is C15H16F3N3O3. The van der Waals surface area contributed by atoms with Gasteiger partial charge in [-0.2, -0.15) is 13.2 Å². The van der Waals surface area contributed by atoms with E-state index in [1.807, 2.05) is 6.07 Å². The normalized spacial score (nSPS) is 12.9. The van der Waals surface area contributed by atoms with Crippen LogP contribution in [0.1, 0.15) is 10.5 Å². The topological polar surface area (TPSA) is 85.4 Å². The van der Waals surface area contributed by atoms with Crippen LogP contribution < -0.4 is 5.32 Å². The fraction of sp³-hybridized carbons (Fsp3) is 0.333. The highest BCUT2D eigenvalue weighted by molar-refractivity contribution is 5.99. The molecule has 2 amide bonds. The minimum atomic E-state index is -4.80. The summed E-state index contributed by atoms with van der Waals surface area (Å²) in [5, 5.41) is 12.1. The van der Waals surface area contributed by atoms with Crippen LogP contribution >= 0.6 is 0 Å². The Kier molecular flexibility index (Phi) is 5.13. The summed E-state index contributed by atoms with van der Waals surface area (Å²) in [6.07, 6.45) is -7.43. The van der Waals surface area contributed by atoms with Gasteiger partial charge in [-0.1, -0.05) is 18.2 Å². The molecule has 0 spiro atoms. The maximum Gasteiger partial charge on any atom is 0.416 e. The van der Waals surface area contributed by atoms with Crippen molar-refractivity contribution in [2.24, 2.45) is 0 Å². The van der Waals surface area contributed by atoms with Gasteiger partial charge in [0.05, 0.1) is 13.1 Å². The van der Waals surface area contributed by atoms with Gasteiger partial charge >= 0.3 is 6.18 Å². The number of H-pyrrole nitrogens is 1. The molecule has 1 aromatic heterocycles. The number of hydrogen-bond acceptors (Lipinski definition) is 3. The number of carbonyl (C=O) groups is 2. The van der Waals surface area contributed by atoms with Crippen molar-refractivity contribution < 1.29 is 27.9 Å². The number of aliphatic hydroxyl groups excluding tert-OH is 1. The van der Waals surface area contributed by atoms with Crippen LogP contribution in [-0.4, -0.2) is 59.2 Å². The van der Waals surface area contributed by atoms with Crippen LogP contribution in [0.5, 0.6) is 0 Å². The molecule has 0 saturated carbocycles. The quantitative estimate of drug-likeness (QED) is 0.764. The number of fused-ring (bicyclic) bond motifs is 1. The monoisotopic (exact) mass is 343 g/mol. The molecule has 0 aliphatic heterocycles. The van der Waals surface area contributed by atoms with Gasteiger partial charge in [-0.25, -0.2) is 0 Å². The molecule has 0 aliphatic carbocycles. The van der Waals surface area contributed by atoms with E-state index in [2.05, 4.69) is 10.3 Å². The summed E-state index contributed by atoms with van der Waals surface area (Å²) in [6.45, 7) is -1.38. The predicted octanol–water partition coefficient (Wildman–Crippen LogP) is 1.28. The van der Waals surface area contributed by atoms with E-state index in [9.17, 15) is 22.8 Å². The van der Waals surface area contributed by atoms with E-state index in [0.717, 1.165) is 18.0 Å². The lowest BCUT2D eigenvalue weighted by Crippen LogP contribution is -2.45. The minimum Gasteiger partial charge on any atom is -0.382 e. The molecule has 1 unspecified atom stereocenters. The van der Waals surface area contributed by atoms with Crippen LogP contribution in [0.2, 0.25) is 0 Å². The molecule has 2 aromatic rings. The number of aliphatic hydroxyl groups is 1. The van der Waals surface area contributed by atoms with E-state index < -0.39 is 37.2 Å². The molecular weight excluding hydrogens is 327 g/mol. The molecule has 0 fully saturated rings. The van der Waals surface area contributed by atoms with Gasteiger partial charge < -0.3 is 20.3 Å². The summed E-state index contributed by atoms with van der Waals surface area (Å²) in [5.41, 5.74) is 0.987. The third-order valence-corrected chi connectivity index (χ3v) is 3.43. The lowest BCUT2D eigenvalue weighted by Gasteiger charge is -2.22. The minimum absolute atomic E-state index is 0.238. The molecule has 0 aliphatic rings. The molecule has 3 N–H and O–H groups in total. The zero-order valence-corrected chi connectivity index (χ0v) is 12.7. The number of aromatic nitrogens is 1. The summed E-state index contributed by atoms with van der Waals surface area (Å²) in [5.74, 6) is -1.30. The third-order valence-electron chi connectivity index (χ3n) is 3.43. The maximum absolute atomic E-state index is 12.2. The first-order valence-corrected chi connectivity index (χ1v) is 7.03. The van der Waals surface area contributed by atoms with Crippen molar-refractivity contribution in [1.82, 2.24) is 15.2 Å². The van der Waals surface area contributed by atoms with Gasteiger partial charge in [-0.05, 0) is 12.1 Å². The van der Waals surface area contributed by atoms with Gasteiger partial charge in [0, 0.05) is 18.0 Å². The van der Waals surface area contributed by atoms with Crippen molar-refractivity contribution in [2.75, 3.05) is 20.1 Å². The molecule has 1 heterocycles. The molecule has 0 saturated heterocycles. The molecule has 0 bridgehead atoms. The van der Waals surface area contributed by atoms with E-state index in [1.54, 1.807) is 24.3 Å². The second kappa shape index (κ2) is 6.91. The van der Waals surface area contributed by atoms with E-state index in [0.29, 0.717) is 4.90 Å². The van der Waals surface area contributed by atoms with Gasteiger partial charge in [0.15, 0.2) is 6.10 Å². The number of hydrogen-bond donors (Lipinski definition) is 3. The first kappa shape index (κ1) is 17.8. The standard InChI is InChI=1S/C15H16F3N3O3/c1-21(8-12(22)15(16,17)18)13(23)7-19-14(24)11-6-9-4-2-3-5-10(9)20-11/h2-6,12,20,22H,7-8H2,1H3,(H,19,24). The second-order valence-electron chi connectivity index (χ2n) is 5.28. The number of likely N-dealkylation sites (N-methyl/N-ethyl adjacent to an activating group) is 1. The largest absolute Gasteiger partial charge is 0.416 e. The van der Waals surface area contributed by atoms with E-state index >= 15 is 0 Å². The van der Waals surface area contributed by atoms with Crippen molar-refractivity contribution >= 4 is 22.7 Å². The number of carbonyl (C=O) groups excluding carboxylic acids is 2. The number of rotatable bonds is 5. The highest BCUT2D eigenvalue weighted by Crippen LogP contribution is 2.20. The zero-order valence-electron chi connectivity index (χ0n) is 12.7. The Morgan fingerprint density at radius 1 is 1.33 bits per heavy atom. The average Bonchev–Trinajstić information content (AvgIpc) is 2.95. The highest BCUT2D eigenvalue weighted by Gasteiger charge is 2.39. The lowest BCUT2D eigenvalue weighted by atomic mass is 10.2. The number of halogens is 3.